The number of nitrogens with one attached hydrogen (secondary N) is 1. The van der Waals surface area contributed by atoms with Gasteiger partial charge in [0.25, 0.3) is 0 Å². The number of hydrogen-bond donors (Lipinski definition) is 1. The van der Waals surface area contributed by atoms with Crippen LogP contribution in [0, 0.1) is 0 Å². The number of aromatic nitrogens is 3. The maximum atomic E-state index is 4.30. The molecule has 0 aromatic carbocycles. The fourth-order valence-electron chi connectivity index (χ4n) is 1.99. The van der Waals surface area contributed by atoms with Crippen molar-refractivity contribution in [3.05, 3.63) is 12.2 Å². The zero-order valence-corrected chi connectivity index (χ0v) is 11.4. The molecule has 1 aromatic rings. The second-order valence-corrected chi connectivity index (χ2v) is 4.65. The Hall–Kier alpha value is -0.900. The molecule has 1 N–H and O–H groups in total. The van der Waals surface area contributed by atoms with E-state index in [4.69, 9.17) is 0 Å². The Labute approximate surface area is 105 Å². The molecule has 0 aliphatic carbocycles. The molecule has 0 bridgehead atoms. The lowest BCUT2D eigenvalue weighted by molar-refractivity contribution is 0.443. The summed E-state index contributed by atoms with van der Waals surface area (Å²) in [5, 5.41) is 7.74. The molecule has 0 aliphatic heterocycles. The second kappa shape index (κ2) is 8.23. The van der Waals surface area contributed by atoms with Gasteiger partial charge in [0.05, 0.1) is 0 Å². The standard InChI is InChI=1S/C13H26N4/c1-4-6-7-8-12(14-9-5-2)10-13-15-11-16-17(13)3/h11-12,14H,4-10H2,1-3H3. The molecule has 1 aromatic heterocycles. The lowest BCUT2D eigenvalue weighted by atomic mass is 10.0. The van der Waals surface area contributed by atoms with Crippen LogP contribution >= 0.6 is 0 Å². The molecule has 0 aliphatic rings. The quantitative estimate of drug-likeness (QED) is 0.671. The summed E-state index contributed by atoms with van der Waals surface area (Å²) in [6.45, 7) is 5.55. The minimum atomic E-state index is 0.546. The van der Waals surface area contributed by atoms with Crippen molar-refractivity contribution in [1.29, 1.82) is 0 Å². The van der Waals surface area contributed by atoms with Crippen LogP contribution < -0.4 is 5.32 Å². The van der Waals surface area contributed by atoms with Gasteiger partial charge < -0.3 is 5.32 Å². The third-order valence-electron chi connectivity index (χ3n) is 3.07. The molecule has 0 amide bonds. The molecule has 1 rings (SSSR count). The summed E-state index contributed by atoms with van der Waals surface area (Å²) in [6.07, 6.45) is 8.95. The maximum Gasteiger partial charge on any atom is 0.138 e. The van der Waals surface area contributed by atoms with Crippen molar-refractivity contribution >= 4 is 0 Å². The summed E-state index contributed by atoms with van der Waals surface area (Å²) >= 11 is 0. The normalized spacial score (nSPS) is 12.9. The molecule has 0 saturated carbocycles. The molecule has 98 valence electrons. The van der Waals surface area contributed by atoms with Crippen LogP contribution in [0.1, 0.15) is 51.8 Å². The van der Waals surface area contributed by atoms with Gasteiger partial charge in [0.15, 0.2) is 0 Å². The van der Waals surface area contributed by atoms with Gasteiger partial charge in [0.1, 0.15) is 12.2 Å². The third kappa shape index (κ3) is 5.31. The fourth-order valence-corrected chi connectivity index (χ4v) is 1.99. The van der Waals surface area contributed by atoms with Crippen LogP contribution in [0.15, 0.2) is 6.33 Å². The number of aryl methyl sites for hydroxylation is 1. The van der Waals surface area contributed by atoms with Crippen molar-refractivity contribution in [1.82, 2.24) is 20.1 Å². The Balaban J connectivity index is 2.42. The topological polar surface area (TPSA) is 42.7 Å². The van der Waals surface area contributed by atoms with Gasteiger partial charge in [-0.3, -0.25) is 4.68 Å². The van der Waals surface area contributed by atoms with E-state index in [-0.39, 0.29) is 0 Å². The molecule has 0 radical (unpaired) electrons. The van der Waals surface area contributed by atoms with Crippen LogP contribution in [0.3, 0.4) is 0 Å². The Morgan fingerprint density at radius 1 is 1.29 bits per heavy atom. The first-order valence-corrected chi connectivity index (χ1v) is 6.84. The minimum Gasteiger partial charge on any atom is -0.314 e. The number of rotatable bonds is 9. The van der Waals surface area contributed by atoms with Gasteiger partial charge in [-0.1, -0.05) is 33.1 Å². The van der Waals surface area contributed by atoms with E-state index in [1.165, 1.54) is 32.1 Å². The first-order chi connectivity index (χ1) is 8.27. The van der Waals surface area contributed by atoms with Crippen molar-refractivity contribution in [3.63, 3.8) is 0 Å². The van der Waals surface area contributed by atoms with Gasteiger partial charge in [-0.2, -0.15) is 5.10 Å². The number of nitrogens with zero attached hydrogens (tertiary/aromatic N) is 3. The minimum absolute atomic E-state index is 0.546. The highest BCUT2D eigenvalue weighted by Crippen LogP contribution is 2.08. The maximum absolute atomic E-state index is 4.30. The Kier molecular flexibility index (Phi) is 6.86. The van der Waals surface area contributed by atoms with Crippen molar-refractivity contribution in [2.45, 2.75) is 58.4 Å². The molecule has 0 fully saturated rings. The van der Waals surface area contributed by atoms with E-state index in [1.807, 2.05) is 11.7 Å². The number of unbranched alkanes of at least 4 members (excludes halogenated alkanes) is 2. The van der Waals surface area contributed by atoms with Crippen molar-refractivity contribution in [3.8, 4) is 0 Å². The summed E-state index contributed by atoms with van der Waals surface area (Å²) in [5.41, 5.74) is 0. The highest BCUT2D eigenvalue weighted by molar-refractivity contribution is 4.88. The molecule has 1 unspecified atom stereocenters. The lowest BCUT2D eigenvalue weighted by Crippen LogP contribution is -2.32. The van der Waals surface area contributed by atoms with Crippen molar-refractivity contribution in [2.24, 2.45) is 7.05 Å². The molecule has 1 heterocycles. The largest absolute Gasteiger partial charge is 0.314 e. The van der Waals surface area contributed by atoms with Crippen LogP contribution in [-0.2, 0) is 13.5 Å². The smallest absolute Gasteiger partial charge is 0.138 e. The summed E-state index contributed by atoms with van der Waals surface area (Å²) in [5.74, 6) is 1.08. The van der Waals surface area contributed by atoms with Crippen molar-refractivity contribution in [2.75, 3.05) is 6.54 Å². The van der Waals surface area contributed by atoms with Gasteiger partial charge in [-0.25, -0.2) is 4.98 Å². The first-order valence-electron chi connectivity index (χ1n) is 6.84. The highest BCUT2D eigenvalue weighted by Gasteiger charge is 2.11. The lowest BCUT2D eigenvalue weighted by Gasteiger charge is -2.17. The van der Waals surface area contributed by atoms with E-state index in [0.29, 0.717) is 6.04 Å². The van der Waals surface area contributed by atoms with Crippen LogP contribution in [0.25, 0.3) is 0 Å². The summed E-state index contributed by atoms with van der Waals surface area (Å²) in [6, 6.07) is 0.546. The molecule has 4 nitrogen and oxygen atoms in total. The van der Waals surface area contributed by atoms with E-state index in [9.17, 15) is 0 Å². The molecule has 0 saturated heterocycles. The van der Waals surface area contributed by atoms with E-state index in [2.05, 4.69) is 29.2 Å². The zero-order chi connectivity index (χ0) is 12.5. The van der Waals surface area contributed by atoms with Gasteiger partial charge in [0, 0.05) is 19.5 Å². The Morgan fingerprint density at radius 2 is 2.12 bits per heavy atom. The Bertz CT molecular complexity index is 295. The average Bonchev–Trinajstić information content (AvgIpc) is 2.72. The van der Waals surface area contributed by atoms with Gasteiger partial charge in [0.2, 0.25) is 0 Å². The van der Waals surface area contributed by atoms with E-state index >= 15 is 0 Å². The van der Waals surface area contributed by atoms with E-state index < -0.39 is 0 Å². The van der Waals surface area contributed by atoms with Crippen molar-refractivity contribution < 1.29 is 0 Å². The number of hydrogen-bond acceptors (Lipinski definition) is 3. The first kappa shape index (κ1) is 14.2. The summed E-state index contributed by atoms with van der Waals surface area (Å²) in [4.78, 5) is 4.30. The Morgan fingerprint density at radius 3 is 2.71 bits per heavy atom. The van der Waals surface area contributed by atoms with Gasteiger partial charge >= 0.3 is 0 Å². The van der Waals surface area contributed by atoms with E-state index in [0.717, 1.165) is 18.8 Å². The van der Waals surface area contributed by atoms with Crippen LogP contribution in [-0.4, -0.2) is 27.4 Å². The van der Waals surface area contributed by atoms with Crippen LogP contribution in [0.2, 0.25) is 0 Å². The predicted octanol–water partition coefficient (Wildman–Crippen LogP) is 2.31. The SMILES string of the molecule is CCCCCC(Cc1ncnn1C)NCCC. The zero-order valence-electron chi connectivity index (χ0n) is 11.4. The molecule has 0 spiro atoms. The fraction of sp³-hybridized carbons (Fsp3) is 0.846. The highest BCUT2D eigenvalue weighted by atomic mass is 15.3. The second-order valence-electron chi connectivity index (χ2n) is 4.65. The van der Waals surface area contributed by atoms with Crippen LogP contribution in [0.4, 0.5) is 0 Å². The average molecular weight is 238 g/mol. The summed E-state index contributed by atoms with van der Waals surface area (Å²) in [7, 11) is 1.96. The predicted molar refractivity (Wildman–Crippen MR) is 70.9 cm³/mol. The molecule has 1 atom stereocenters. The van der Waals surface area contributed by atoms with Gasteiger partial charge in [-0.15, -0.1) is 0 Å². The van der Waals surface area contributed by atoms with Crippen LogP contribution in [0.5, 0.6) is 0 Å². The molecule has 4 heteroatoms. The third-order valence-corrected chi connectivity index (χ3v) is 3.07. The summed E-state index contributed by atoms with van der Waals surface area (Å²) < 4.78 is 1.88. The monoisotopic (exact) mass is 238 g/mol. The molecule has 17 heavy (non-hydrogen) atoms. The van der Waals surface area contributed by atoms with Gasteiger partial charge in [-0.05, 0) is 19.4 Å². The molecular formula is C13H26N4. The van der Waals surface area contributed by atoms with E-state index in [1.54, 1.807) is 6.33 Å². The molecular weight excluding hydrogens is 212 g/mol.